The van der Waals surface area contributed by atoms with E-state index in [1.165, 1.54) is 32.2 Å². The van der Waals surface area contributed by atoms with E-state index in [4.69, 9.17) is 0 Å². The Morgan fingerprint density at radius 2 is 2.00 bits per heavy atom. The van der Waals surface area contributed by atoms with Crippen molar-refractivity contribution in [2.45, 2.75) is 52.5 Å². The zero-order chi connectivity index (χ0) is 9.84. The van der Waals surface area contributed by atoms with Crippen LogP contribution >= 0.6 is 0 Å². The Bertz CT molecular complexity index is 144. The molecule has 1 heteroatoms. The molecule has 0 aliphatic carbocycles. The van der Waals surface area contributed by atoms with E-state index in [-0.39, 0.29) is 0 Å². The van der Waals surface area contributed by atoms with Crippen molar-refractivity contribution >= 4 is 0 Å². The summed E-state index contributed by atoms with van der Waals surface area (Å²) in [5.74, 6) is 1.89. The molecule has 13 heavy (non-hydrogen) atoms. The van der Waals surface area contributed by atoms with Crippen molar-refractivity contribution in [2.24, 2.45) is 11.8 Å². The van der Waals surface area contributed by atoms with E-state index in [9.17, 15) is 0 Å². The van der Waals surface area contributed by atoms with Crippen LogP contribution in [0.15, 0.2) is 0 Å². The monoisotopic (exact) mass is 183 g/mol. The van der Waals surface area contributed by atoms with Gasteiger partial charge in [0.15, 0.2) is 0 Å². The molecule has 0 aromatic carbocycles. The molecule has 0 aromatic heterocycles. The minimum absolute atomic E-state index is 0.904. The highest BCUT2D eigenvalue weighted by molar-refractivity contribution is 4.92. The van der Waals surface area contributed by atoms with Crippen LogP contribution in [0.3, 0.4) is 0 Å². The van der Waals surface area contributed by atoms with Gasteiger partial charge in [-0.15, -0.1) is 0 Å². The molecule has 4 atom stereocenters. The largest absolute Gasteiger partial charge is 0.300 e. The zero-order valence-electron chi connectivity index (χ0n) is 9.71. The molecule has 0 spiro atoms. The molecule has 78 valence electrons. The first-order valence-electron chi connectivity index (χ1n) is 5.90. The van der Waals surface area contributed by atoms with Crippen molar-refractivity contribution < 1.29 is 0 Å². The van der Waals surface area contributed by atoms with E-state index in [2.05, 4.69) is 32.7 Å². The molecule has 1 saturated heterocycles. The maximum atomic E-state index is 2.47. The summed E-state index contributed by atoms with van der Waals surface area (Å²) in [5.41, 5.74) is 0. The molecule has 1 aliphatic rings. The minimum Gasteiger partial charge on any atom is -0.300 e. The Hall–Kier alpha value is -0.0400. The smallest absolute Gasteiger partial charge is 0.0249 e. The Labute approximate surface area is 83.5 Å². The Kier molecular flexibility index (Phi) is 4.24. The summed E-state index contributed by atoms with van der Waals surface area (Å²) in [4.78, 5) is 2.47. The number of unbranched alkanes of at least 4 members (excludes halogenated alkanes) is 1. The maximum Gasteiger partial charge on any atom is 0.0249 e. The highest BCUT2D eigenvalue weighted by Crippen LogP contribution is 2.32. The third-order valence-corrected chi connectivity index (χ3v) is 3.71. The van der Waals surface area contributed by atoms with Gasteiger partial charge in [-0.3, -0.25) is 0 Å². The fourth-order valence-electron chi connectivity index (χ4n) is 2.43. The predicted molar refractivity (Wildman–Crippen MR) is 58.9 cm³/mol. The first-order valence-corrected chi connectivity index (χ1v) is 5.90. The van der Waals surface area contributed by atoms with Crippen molar-refractivity contribution in [1.82, 2.24) is 4.90 Å². The lowest BCUT2D eigenvalue weighted by Crippen LogP contribution is -2.18. The van der Waals surface area contributed by atoms with E-state index < -0.39 is 0 Å². The number of hydrogen-bond donors (Lipinski definition) is 0. The molecule has 0 saturated carbocycles. The van der Waals surface area contributed by atoms with Gasteiger partial charge >= 0.3 is 0 Å². The number of rotatable bonds is 6. The SMILES string of the molecule is CCCCC(CC)C(C)C1CN1C. The summed E-state index contributed by atoms with van der Waals surface area (Å²) in [6.07, 6.45) is 5.58. The van der Waals surface area contributed by atoms with Gasteiger partial charge in [-0.25, -0.2) is 0 Å². The van der Waals surface area contributed by atoms with Gasteiger partial charge in [-0.2, -0.15) is 0 Å². The van der Waals surface area contributed by atoms with E-state index in [0.717, 1.165) is 17.9 Å². The Balaban J connectivity index is 2.27. The van der Waals surface area contributed by atoms with Gasteiger partial charge in [0.2, 0.25) is 0 Å². The molecule has 1 heterocycles. The summed E-state index contributed by atoms with van der Waals surface area (Å²) >= 11 is 0. The standard InChI is InChI=1S/C12H25N/c1-5-7-8-11(6-2)10(3)12-9-13(12)4/h10-12H,5-9H2,1-4H3. The van der Waals surface area contributed by atoms with Gasteiger partial charge in [0.25, 0.3) is 0 Å². The Morgan fingerprint density at radius 1 is 1.38 bits per heavy atom. The second kappa shape index (κ2) is 4.99. The second-order valence-corrected chi connectivity index (χ2v) is 4.68. The highest BCUT2D eigenvalue weighted by Gasteiger charge is 2.37. The summed E-state index contributed by atoms with van der Waals surface area (Å²) in [6.45, 7) is 8.42. The van der Waals surface area contributed by atoms with E-state index in [1.54, 1.807) is 0 Å². The molecular formula is C12H25N. The third-order valence-electron chi connectivity index (χ3n) is 3.71. The summed E-state index contributed by atoms with van der Waals surface area (Å²) in [6, 6.07) is 0.904. The number of hydrogen-bond acceptors (Lipinski definition) is 1. The Morgan fingerprint density at radius 3 is 2.38 bits per heavy atom. The van der Waals surface area contributed by atoms with Crippen LogP contribution in [0.2, 0.25) is 0 Å². The van der Waals surface area contributed by atoms with Gasteiger partial charge in [0, 0.05) is 12.6 Å². The van der Waals surface area contributed by atoms with Crippen LogP contribution in [0, 0.1) is 11.8 Å². The molecule has 0 amide bonds. The first-order chi connectivity index (χ1) is 6.20. The molecule has 4 unspecified atom stereocenters. The normalized spacial score (nSPS) is 31.4. The first kappa shape index (κ1) is 11.0. The lowest BCUT2D eigenvalue weighted by Gasteiger charge is -2.22. The average molecular weight is 183 g/mol. The fourth-order valence-corrected chi connectivity index (χ4v) is 2.43. The maximum absolute atomic E-state index is 2.47. The van der Waals surface area contributed by atoms with Crippen LogP contribution < -0.4 is 0 Å². The molecule has 0 aromatic rings. The van der Waals surface area contributed by atoms with Crippen LogP contribution in [-0.4, -0.2) is 24.5 Å². The van der Waals surface area contributed by atoms with E-state index in [1.807, 2.05) is 0 Å². The van der Waals surface area contributed by atoms with Crippen LogP contribution in [0.1, 0.15) is 46.5 Å². The quantitative estimate of drug-likeness (QED) is 0.572. The van der Waals surface area contributed by atoms with Crippen LogP contribution in [0.5, 0.6) is 0 Å². The van der Waals surface area contributed by atoms with Crippen LogP contribution in [0.4, 0.5) is 0 Å². The molecule has 1 aliphatic heterocycles. The number of nitrogens with zero attached hydrogens (tertiary/aromatic N) is 1. The highest BCUT2D eigenvalue weighted by atomic mass is 15.3. The predicted octanol–water partition coefficient (Wildman–Crippen LogP) is 3.15. The summed E-state index contributed by atoms with van der Waals surface area (Å²) in [5, 5.41) is 0. The number of likely N-dealkylation sites (N-methyl/N-ethyl adjacent to an activating group) is 1. The van der Waals surface area contributed by atoms with Gasteiger partial charge in [-0.05, 0) is 18.9 Å². The molecule has 1 rings (SSSR count). The summed E-state index contributed by atoms with van der Waals surface area (Å²) in [7, 11) is 2.24. The lowest BCUT2D eigenvalue weighted by molar-refractivity contribution is 0.291. The van der Waals surface area contributed by atoms with Crippen molar-refractivity contribution in [3.05, 3.63) is 0 Å². The third kappa shape index (κ3) is 2.98. The van der Waals surface area contributed by atoms with Crippen LogP contribution in [-0.2, 0) is 0 Å². The minimum atomic E-state index is 0.904. The molecule has 0 bridgehead atoms. The average Bonchev–Trinajstić information content (AvgIpc) is 2.84. The van der Waals surface area contributed by atoms with E-state index >= 15 is 0 Å². The van der Waals surface area contributed by atoms with Crippen molar-refractivity contribution in [3.63, 3.8) is 0 Å². The second-order valence-electron chi connectivity index (χ2n) is 4.68. The van der Waals surface area contributed by atoms with Gasteiger partial charge in [0.05, 0.1) is 0 Å². The molecule has 1 fully saturated rings. The van der Waals surface area contributed by atoms with Crippen molar-refractivity contribution in [3.8, 4) is 0 Å². The molecule has 0 N–H and O–H groups in total. The van der Waals surface area contributed by atoms with Gasteiger partial charge in [-0.1, -0.05) is 46.5 Å². The van der Waals surface area contributed by atoms with Gasteiger partial charge < -0.3 is 4.90 Å². The van der Waals surface area contributed by atoms with Gasteiger partial charge in [0.1, 0.15) is 0 Å². The molecular weight excluding hydrogens is 158 g/mol. The van der Waals surface area contributed by atoms with E-state index in [0.29, 0.717) is 0 Å². The molecule has 1 nitrogen and oxygen atoms in total. The van der Waals surface area contributed by atoms with Crippen LogP contribution in [0.25, 0.3) is 0 Å². The fraction of sp³-hybridized carbons (Fsp3) is 1.00. The lowest BCUT2D eigenvalue weighted by atomic mass is 9.85. The van der Waals surface area contributed by atoms with Crippen molar-refractivity contribution in [1.29, 1.82) is 0 Å². The zero-order valence-corrected chi connectivity index (χ0v) is 9.71. The topological polar surface area (TPSA) is 3.01 Å². The van der Waals surface area contributed by atoms with Crippen molar-refractivity contribution in [2.75, 3.05) is 13.6 Å². The molecule has 0 radical (unpaired) electrons. The summed E-state index contributed by atoms with van der Waals surface area (Å²) < 4.78 is 0.